The number of thiazole rings is 1. The van der Waals surface area contributed by atoms with Gasteiger partial charge in [0.25, 0.3) is 5.56 Å². The van der Waals surface area contributed by atoms with Crippen molar-refractivity contribution in [2.75, 3.05) is 7.11 Å². The molecule has 8 heteroatoms. The quantitative estimate of drug-likeness (QED) is 0.372. The predicted octanol–water partition coefficient (Wildman–Crippen LogP) is 4.84. The lowest BCUT2D eigenvalue weighted by Gasteiger charge is -2.12. The third-order valence-corrected chi connectivity index (χ3v) is 6.39. The Morgan fingerprint density at radius 1 is 1.12 bits per heavy atom. The van der Waals surface area contributed by atoms with Crippen molar-refractivity contribution in [1.82, 2.24) is 9.38 Å². The summed E-state index contributed by atoms with van der Waals surface area (Å²) >= 11 is 7.41. The lowest BCUT2D eigenvalue weighted by atomic mass is 10.2. The Balaban J connectivity index is 1.53. The topological polar surface area (TPSA) is 52.8 Å². The Hall–Kier alpha value is -3.42. The maximum Gasteiger partial charge on any atom is 0.274 e. The van der Waals surface area contributed by atoms with Crippen molar-refractivity contribution >= 4 is 45.0 Å². The van der Waals surface area contributed by atoms with Gasteiger partial charge in [0.15, 0.2) is 16.5 Å². The van der Waals surface area contributed by atoms with Gasteiger partial charge in [-0.2, -0.15) is 0 Å². The number of benzene rings is 3. The smallest absolute Gasteiger partial charge is 0.274 e. The van der Waals surface area contributed by atoms with Gasteiger partial charge in [-0.1, -0.05) is 47.2 Å². The second-order valence-electron chi connectivity index (χ2n) is 7.03. The number of halogens is 2. The molecule has 0 aliphatic rings. The molecule has 2 aromatic heterocycles. The molecule has 3 aromatic carbocycles. The molecule has 0 saturated carbocycles. The average molecular weight is 467 g/mol. The summed E-state index contributed by atoms with van der Waals surface area (Å²) in [4.78, 5) is 18.2. The summed E-state index contributed by atoms with van der Waals surface area (Å²) in [5, 5.41) is 0.289. The molecule has 0 amide bonds. The van der Waals surface area contributed by atoms with E-state index in [0.29, 0.717) is 21.0 Å². The van der Waals surface area contributed by atoms with Gasteiger partial charge in [0.2, 0.25) is 0 Å². The van der Waals surface area contributed by atoms with Crippen LogP contribution in [0, 0.1) is 5.82 Å². The third kappa shape index (κ3) is 3.59. The molecule has 0 unspecified atom stereocenters. The molecule has 0 N–H and O–H groups in total. The number of rotatable bonds is 5. The standard InChI is InChI=1S/C24H16ClFN2O3S/c1-30-20-10-9-14(11-21(20)31-13-15-16(25)5-4-6-17(15)26)12-22-23(29)28-19-8-3-2-7-18(19)27-24(28)32-22/h2-12H,13H2,1H3. The highest BCUT2D eigenvalue weighted by molar-refractivity contribution is 7.15. The number of nitrogens with zero attached hydrogens (tertiary/aromatic N) is 2. The van der Waals surface area contributed by atoms with Gasteiger partial charge in [-0.05, 0) is 48.0 Å². The molecule has 32 heavy (non-hydrogen) atoms. The minimum atomic E-state index is -0.440. The monoisotopic (exact) mass is 466 g/mol. The van der Waals surface area contributed by atoms with E-state index >= 15 is 0 Å². The Bertz CT molecular complexity index is 1560. The van der Waals surface area contributed by atoms with Gasteiger partial charge in [-0.3, -0.25) is 4.79 Å². The van der Waals surface area contributed by atoms with E-state index in [0.717, 1.165) is 16.6 Å². The summed E-state index contributed by atoms with van der Waals surface area (Å²) in [6.07, 6.45) is 1.78. The van der Waals surface area contributed by atoms with E-state index in [-0.39, 0.29) is 22.8 Å². The normalized spacial score (nSPS) is 12.0. The second kappa shape index (κ2) is 8.26. The van der Waals surface area contributed by atoms with Crippen LogP contribution in [-0.2, 0) is 6.61 Å². The number of aromatic nitrogens is 2. The van der Waals surface area contributed by atoms with Crippen molar-refractivity contribution in [2.24, 2.45) is 0 Å². The van der Waals surface area contributed by atoms with E-state index in [2.05, 4.69) is 4.98 Å². The highest BCUT2D eigenvalue weighted by atomic mass is 35.5. The van der Waals surface area contributed by atoms with Crippen molar-refractivity contribution in [3.63, 3.8) is 0 Å². The van der Waals surface area contributed by atoms with Gasteiger partial charge < -0.3 is 9.47 Å². The van der Waals surface area contributed by atoms with Crippen LogP contribution in [-0.4, -0.2) is 16.5 Å². The average Bonchev–Trinajstić information content (AvgIpc) is 3.29. The molecule has 0 aliphatic heterocycles. The van der Waals surface area contributed by atoms with E-state index in [1.54, 1.807) is 34.7 Å². The van der Waals surface area contributed by atoms with Crippen molar-refractivity contribution in [1.29, 1.82) is 0 Å². The molecule has 0 bridgehead atoms. The zero-order valence-electron chi connectivity index (χ0n) is 16.8. The van der Waals surface area contributed by atoms with Crippen LogP contribution in [0.2, 0.25) is 5.02 Å². The molecule has 0 radical (unpaired) electrons. The number of ether oxygens (including phenoxy) is 2. The summed E-state index contributed by atoms with van der Waals surface area (Å²) < 4.78 is 27.4. The van der Waals surface area contributed by atoms with Crippen LogP contribution in [0.3, 0.4) is 0 Å². The molecule has 5 aromatic rings. The highest BCUT2D eigenvalue weighted by Crippen LogP contribution is 2.30. The summed E-state index contributed by atoms with van der Waals surface area (Å²) in [6.45, 7) is -0.0586. The number of imidazole rings is 1. The van der Waals surface area contributed by atoms with E-state index in [1.165, 1.54) is 24.5 Å². The summed E-state index contributed by atoms with van der Waals surface area (Å²) in [5.41, 5.74) is 2.44. The van der Waals surface area contributed by atoms with Gasteiger partial charge in [0.1, 0.15) is 12.4 Å². The van der Waals surface area contributed by atoms with E-state index < -0.39 is 5.82 Å². The fraction of sp³-hybridized carbons (Fsp3) is 0.0833. The molecule has 0 saturated heterocycles. The van der Waals surface area contributed by atoms with Crippen molar-refractivity contribution < 1.29 is 13.9 Å². The van der Waals surface area contributed by atoms with E-state index in [1.807, 2.05) is 30.3 Å². The Morgan fingerprint density at radius 3 is 2.78 bits per heavy atom. The molecular weight excluding hydrogens is 451 g/mol. The SMILES string of the molecule is COc1ccc(C=c2sc3nc4ccccc4n3c2=O)cc1OCc1c(F)cccc1Cl. The first kappa shape index (κ1) is 20.5. The number of hydrogen-bond acceptors (Lipinski definition) is 5. The van der Waals surface area contributed by atoms with Crippen LogP contribution in [0.5, 0.6) is 11.5 Å². The second-order valence-corrected chi connectivity index (χ2v) is 8.45. The van der Waals surface area contributed by atoms with Crippen LogP contribution in [0.4, 0.5) is 4.39 Å². The molecule has 2 heterocycles. The van der Waals surface area contributed by atoms with Crippen molar-refractivity contribution in [2.45, 2.75) is 6.61 Å². The largest absolute Gasteiger partial charge is 0.493 e. The highest BCUT2D eigenvalue weighted by Gasteiger charge is 2.13. The van der Waals surface area contributed by atoms with Crippen molar-refractivity contribution in [3.8, 4) is 11.5 Å². The summed E-state index contributed by atoms with van der Waals surface area (Å²) in [7, 11) is 1.52. The van der Waals surface area contributed by atoms with Gasteiger partial charge >= 0.3 is 0 Å². The van der Waals surface area contributed by atoms with Gasteiger partial charge in [0.05, 0.1) is 27.7 Å². The zero-order chi connectivity index (χ0) is 22.2. The Labute approximate surface area is 190 Å². The van der Waals surface area contributed by atoms with E-state index in [4.69, 9.17) is 21.1 Å². The first-order valence-electron chi connectivity index (χ1n) is 9.70. The van der Waals surface area contributed by atoms with Gasteiger partial charge in [0, 0.05) is 5.56 Å². The molecule has 5 nitrogen and oxygen atoms in total. The number of methoxy groups -OCH3 is 1. The molecular formula is C24H16ClFN2O3S. The molecule has 0 spiro atoms. The number of hydrogen-bond donors (Lipinski definition) is 0. The summed E-state index contributed by atoms with van der Waals surface area (Å²) in [6, 6.07) is 17.3. The van der Waals surface area contributed by atoms with Crippen LogP contribution in [0.1, 0.15) is 11.1 Å². The van der Waals surface area contributed by atoms with Crippen LogP contribution in [0.15, 0.2) is 65.5 Å². The number of fused-ring (bicyclic) bond motifs is 3. The molecule has 0 fully saturated rings. The third-order valence-electron chi connectivity index (χ3n) is 5.06. The van der Waals surface area contributed by atoms with Crippen LogP contribution >= 0.6 is 22.9 Å². The Morgan fingerprint density at radius 2 is 1.97 bits per heavy atom. The van der Waals surface area contributed by atoms with E-state index in [9.17, 15) is 9.18 Å². The minimum absolute atomic E-state index is 0.0586. The maximum atomic E-state index is 14.1. The predicted molar refractivity (Wildman–Crippen MR) is 124 cm³/mol. The molecule has 0 atom stereocenters. The maximum absolute atomic E-state index is 14.1. The summed E-state index contributed by atoms with van der Waals surface area (Å²) in [5.74, 6) is 0.466. The molecule has 0 aliphatic carbocycles. The number of para-hydroxylation sites is 2. The van der Waals surface area contributed by atoms with Crippen LogP contribution in [0.25, 0.3) is 22.1 Å². The fourth-order valence-corrected chi connectivity index (χ4v) is 4.68. The first-order chi connectivity index (χ1) is 15.5. The fourth-order valence-electron chi connectivity index (χ4n) is 3.48. The minimum Gasteiger partial charge on any atom is -0.493 e. The lowest BCUT2D eigenvalue weighted by molar-refractivity contribution is 0.280. The van der Waals surface area contributed by atoms with Gasteiger partial charge in [-0.15, -0.1) is 0 Å². The zero-order valence-corrected chi connectivity index (χ0v) is 18.4. The Kier molecular flexibility index (Phi) is 5.28. The van der Waals surface area contributed by atoms with Crippen molar-refractivity contribution in [3.05, 3.63) is 97.5 Å². The molecule has 5 rings (SSSR count). The van der Waals surface area contributed by atoms with Crippen LogP contribution < -0.4 is 19.6 Å². The first-order valence-corrected chi connectivity index (χ1v) is 10.9. The molecule has 160 valence electrons. The van der Waals surface area contributed by atoms with Gasteiger partial charge in [-0.25, -0.2) is 13.8 Å². The lowest BCUT2D eigenvalue weighted by Crippen LogP contribution is -2.22.